The molecule has 0 aliphatic rings. The van der Waals surface area contributed by atoms with Crippen molar-refractivity contribution in [3.8, 4) is 16.9 Å². The highest BCUT2D eigenvalue weighted by molar-refractivity contribution is 5.97. The van der Waals surface area contributed by atoms with Gasteiger partial charge in [0, 0.05) is 35.3 Å². The van der Waals surface area contributed by atoms with Crippen molar-refractivity contribution in [2.24, 2.45) is 0 Å². The van der Waals surface area contributed by atoms with Gasteiger partial charge in [0.15, 0.2) is 0 Å². The molecule has 4 rings (SSSR count). The van der Waals surface area contributed by atoms with Gasteiger partial charge in [-0.1, -0.05) is 54.6 Å². The first-order valence-corrected chi connectivity index (χ1v) is 10.1. The van der Waals surface area contributed by atoms with Gasteiger partial charge in [0.25, 0.3) is 0 Å². The summed E-state index contributed by atoms with van der Waals surface area (Å²) in [5.41, 5.74) is 4.21. The highest BCUT2D eigenvalue weighted by atomic mass is 19.1. The van der Waals surface area contributed by atoms with Gasteiger partial charge in [0.05, 0.1) is 12.6 Å². The molecule has 0 aliphatic heterocycles. The number of hydrogen-bond donors (Lipinski definition) is 2. The summed E-state index contributed by atoms with van der Waals surface area (Å²) >= 11 is 0. The normalized spacial score (nSPS) is 11.2. The molecule has 156 valence electrons. The van der Waals surface area contributed by atoms with Crippen molar-refractivity contribution < 1.29 is 13.9 Å². The molecule has 4 nitrogen and oxygen atoms in total. The van der Waals surface area contributed by atoms with E-state index in [4.69, 9.17) is 4.74 Å². The Hall–Kier alpha value is -3.86. The van der Waals surface area contributed by atoms with Gasteiger partial charge in [-0.3, -0.25) is 4.79 Å². The van der Waals surface area contributed by atoms with Gasteiger partial charge in [0.2, 0.25) is 5.91 Å². The molecule has 2 N–H and O–H groups in total. The first-order chi connectivity index (χ1) is 15.2. The number of para-hydroxylation sites is 1. The fourth-order valence-electron chi connectivity index (χ4n) is 3.68. The average Bonchev–Trinajstić information content (AvgIpc) is 3.22. The quantitative estimate of drug-likeness (QED) is 0.400. The van der Waals surface area contributed by atoms with E-state index in [1.54, 1.807) is 25.3 Å². The summed E-state index contributed by atoms with van der Waals surface area (Å²) in [7, 11) is 1.63. The fraction of sp³-hybridized carbons (Fsp3) is 0.115. The average molecular weight is 414 g/mol. The molecule has 31 heavy (non-hydrogen) atoms. The number of fused-ring (bicyclic) bond motifs is 1. The Labute approximate surface area is 180 Å². The van der Waals surface area contributed by atoms with E-state index in [2.05, 4.69) is 10.3 Å². The van der Waals surface area contributed by atoms with E-state index in [1.807, 2.05) is 54.7 Å². The number of aromatic nitrogens is 1. The molecule has 0 aliphatic carbocycles. The number of nitrogens with one attached hydrogen (secondary N) is 2. The number of benzene rings is 3. The molecular formula is C26H23FN2O2. The zero-order chi connectivity index (χ0) is 21.6. The van der Waals surface area contributed by atoms with Crippen LogP contribution in [0.25, 0.3) is 28.1 Å². The van der Waals surface area contributed by atoms with Crippen LogP contribution in [0.4, 0.5) is 4.39 Å². The highest BCUT2D eigenvalue weighted by Gasteiger charge is 2.09. The van der Waals surface area contributed by atoms with Crippen molar-refractivity contribution >= 4 is 22.9 Å². The van der Waals surface area contributed by atoms with E-state index in [-0.39, 0.29) is 11.7 Å². The molecule has 1 heterocycles. The van der Waals surface area contributed by atoms with Crippen LogP contribution in [0, 0.1) is 5.82 Å². The van der Waals surface area contributed by atoms with Gasteiger partial charge in [-0.25, -0.2) is 4.39 Å². The number of ether oxygens (including phenoxy) is 1. The standard InChI is InChI=1S/C26H23FN2O2/c1-31-24-12-6-10-21-19(17-29-26(21)24)13-14-25(30)28-16-15-18-7-2-3-8-20(18)22-9-4-5-11-23(22)27/h2-14,17,29H,15-16H2,1H3,(H,28,30)/b14-13+. The summed E-state index contributed by atoms with van der Waals surface area (Å²) in [6.45, 7) is 0.455. The van der Waals surface area contributed by atoms with Crippen LogP contribution >= 0.6 is 0 Å². The van der Waals surface area contributed by atoms with Crippen molar-refractivity contribution in [3.05, 3.63) is 95.9 Å². The van der Waals surface area contributed by atoms with E-state index in [9.17, 15) is 9.18 Å². The molecule has 0 fully saturated rings. The number of amides is 1. The molecule has 1 aromatic heterocycles. The van der Waals surface area contributed by atoms with Gasteiger partial charge in [-0.05, 0) is 35.8 Å². The van der Waals surface area contributed by atoms with Crippen LogP contribution in [-0.4, -0.2) is 24.5 Å². The molecule has 3 aromatic carbocycles. The molecular weight excluding hydrogens is 391 g/mol. The monoisotopic (exact) mass is 414 g/mol. The van der Waals surface area contributed by atoms with Crippen molar-refractivity contribution in [1.82, 2.24) is 10.3 Å². The van der Waals surface area contributed by atoms with Crippen molar-refractivity contribution in [3.63, 3.8) is 0 Å². The van der Waals surface area contributed by atoms with Gasteiger partial charge >= 0.3 is 0 Å². The summed E-state index contributed by atoms with van der Waals surface area (Å²) in [5, 5.41) is 3.89. The minimum Gasteiger partial charge on any atom is -0.495 e. The van der Waals surface area contributed by atoms with Gasteiger partial charge < -0.3 is 15.0 Å². The molecule has 0 spiro atoms. The maximum Gasteiger partial charge on any atom is 0.244 e. The number of carbonyl (C=O) groups is 1. The van der Waals surface area contributed by atoms with Gasteiger partial charge in [-0.2, -0.15) is 0 Å². The number of halogens is 1. The lowest BCUT2D eigenvalue weighted by Gasteiger charge is -2.11. The second-order valence-electron chi connectivity index (χ2n) is 7.14. The lowest BCUT2D eigenvalue weighted by molar-refractivity contribution is -0.116. The highest BCUT2D eigenvalue weighted by Crippen LogP contribution is 2.28. The van der Waals surface area contributed by atoms with E-state index < -0.39 is 0 Å². The third-order valence-corrected chi connectivity index (χ3v) is 5.22. The summed E-state index contributed by atoms with van der Waals surface area (Å²) in [5.74, 6) is 0.327. The Morgan fingerprint density at radius 3 is 2.61 bits per heavy atom. The van der Waals surface area contributed by atoms with Crippen LogP contribution in [0.2, 0.25) is 0 Å². The molecule has 0 radical (unpaired) electrons. The Morgan fingerprint density at radius 1 is 1.03 bits per heavy atom. The number of rotatable bonds is 7. The largest absolute Gasteiger partial charge is 0.495 e. The zero-order valence-electron chi connectivity index (χ0n) is 17.2. The second kappa shape index (κ2) is 9.30. The zero-order valence-corrected chi connectivity index (χ0v) is 17.2. The summed E-state index contributed by atoms with van der Waals surface area (Å²) < 4.78 is 19.6. The predicted molar refractivity (Wildman–Crippen MR) is 122 cm³/mol. The van der Waals surface area contributed by atoms with Crippen molar-refractivity contribution in [1.29, 1.82) is 0 Å². The minimum atomic E-state index is -0.253. The Balaban J connectivity index is 1.40. The Kier molecular flexibility index (Phi) is 6.13. The molecule has 1 amide bonds. The third kappa shape index (κ3) is 4.51. The molecule has 0 saturated heterocycles. The maximum absolute atomic E-state index is 14.2. The van der Waals surface area contributed by atoms with Crippen molar-refractivity contribution in [2.45, 2.75) is 6.42 Å². The number of aromatic amines is 1. The van der Waals surface area contributed by atoms with E-state index >= 15 is 0 Å². The van der Waals surface area contributed by atoms with Gasteiger partial charge in [-0.15, -0.1) is 0 Å². The summed E-state index contributed by atoms with van der Waals surface area (Å²) in [4.78, 5) is 15.5. The maximum atomic E-state index is 14.2. The lowest BCUT2D eigenvalue weighted by atomic mass is 9.97. The van der Waals surface area contributed by atoms with Crippen molar-refractivity contribution in [2.75, 3.05) is 13.7 Å². The molecule has 0 bridgehead atoms. The molecule has 5 heteroatoms. The van der Waals surface area contributed by atoms with E-state index in [0.717, 1.165) is 33.3 Å². The van der Waals surface area contributed by atoms with Crippen LogP contribution in [0.1, 0.15) is 11.1 Å². The first kappa shape index (κ1) is 20.4. The second-order valence-corrected chi connectivity index (χ2v) is 7.14. The topological polar surface area (TPSA) is 54.1 Å². The number of hydrogen-bond acceptors (Lipinski definition) is 2. The van der Waals surface area contributed by atoms with E-state index in [1.165, 1.54) is 12.1 Å². The molecule has 4 aromatic rings. The van der Waals surface area contributed by atoms with Crippen LogP contribution in [0.5, 0.6) is 5.75 Å². The summed E-state index contributed by atoms with van der Waals surface area (Å²) in [6, 6.07) is 20.2. The Morgan fingerprint density at radius 2 is 1.81 bits per heavy atom. The predicted octanol–water partition coefficient (Wildman–Crippen LogP) is 5.35. The Bertz CT molecular complexity index is 1240. The minimum absolute atomic E-state index is 0.180. The van der Waals surface area contributed by atoms with Crippen LogP contribution in [0.3, 0.4) is 0 Å². The molecule has 0 unspecified atom stereocenters. The first-order valence-electron chi connectivity index (χ1n) is 10.1. The summed E-state index contributed by atoms with van der Waals surface area (Å²) in [6.07, 6.45) is 5.75. The van der Waals surface area contributed by atoms with E-state index in [0.29, 0.717) is 18.5 Å². The lowest BCUT2D eigenvalue weighted by Crippen LogP contribution is -2.23. The third-order valence-electron chi connectivity index (χ3n) is 5.22. The van der Waals surface area contributed by atoms with Crippen LogP contribution in [-0.2, 0) is 11.2 Å². The molecule has 0 saturated carbocycles. The van der Waals surface area contributed by atoms with Crippen LogP contribution in [0.15, 0.2) is 79.0 Å². The smallest absolute Gasteiger partial charge is 0.244 e. The fourth-order valence-corrected chi connectivity index (χ4v) is 3.68. The molecule has 0 atom stereocenters. The number of carbonyl (C=O) groups excluding carboxylic acids is 1. The number of H-pyrrole nitrogens is 1. The number of methoxy groups -OCH3 is 1. The SMILES string of the molecule is COc1cccc2c(/C=C/C(=O)NCCc3ccccc3-c3ccccc3F)c[nH]c12. The van der Waals surface area contributed by atoms with Crippen LogP contribution < -0.4 is 10.1 Å². The van der Waals surface area contributed by atoms with Gasteiger partial charge in [0.1, 0.15) is 11.6 Å².